The normalized spacial score (nSPS) is 13.3. The van der Waals surface area contributed by atoms with Crippen molar-refractivity contribution in [2.75, 3.05) is 7.11 Å². The van der Waals surface area contributed by atoms with Crippen LogP contribution in [0.25, 0.3) is 6.08 Å². The molecule has 122 valence electrons. The minimum atomic E-state index is -0.242. The van der Waals surface area contributed by atoms with Gasteiger partial charge in [0.05, 0.1) is 7.11 Å². The van der Waals surface area contributed by atoms with Crippen molar-refractivity contribution in [3.63, 3.8) is 0 Å². The van der Waals surface area contributed by atoms with E-state index < -0.39 is 0 Å². The number of aliphatic hydroxyl groups excluding tert-OH is 1. The average molecular weight is 311 g/mol. The summed E-state index contributed by atoms with van der Waals surface area (Å²) in [5, 5.41) is 9.35. The first kappa shape index (κ1) is 18.4. The van der Waals surface area contributed by atoms with E-state index in [2.05, 4.69) is 19.9 Å². The number of allylic oxidation sites excluding steroid dienone is 7. The smallest absolute Gasteiger partial charge is 0.182 e. The number of nitrogens with two attached hydrogens (primary N) is 1. The highest BCUT2D eigenvalue weighted by molar-refractivity contribution is 5.55. The lowest BCUT2D eigenvalue weighted by Crippen LogP contribution is -1.95. The molecule has 0 radical (unpaired) electrons. The summed E-state index contributed by atoms with van der Waals surface area (Å²) in [4.78, 5) is 0. The maximum Gasteiger partial charge on any atom is 0.182 e. The van der Waals surface area contributed by atoms with Crippen LogP contribution >= 0.6 is 0 Å². The third-order valence-electron chi connectivity index (χ3n) is 2.97. The maximum absolute atomic E-state index is 9.35. The molecule has 0 saturated heterocycles. The van der Waals surface area contributed by atoms with Gasteiger partial charge in [-0.1, -0.05) is 54.1 Å². The Morgan fingerprint density at radius 3 is 2.39 bits per heavy atom. The van der Waals surface area contributed by atoms with E-state index in [-0.39, 0.29) is 5.88 Å². The van der Waals surface area contributed by atoms with Crippen molar-refractivity contribution in [2.45, 2.75) is 20.3 Å². The van der Waals surface area contributed by atoms with E-state index >= 15 is 0 Å². The van der Waals surface area contributed by atoms with Gasteiger partial charge in [0.25, 0.3) is 0 Å². The lowest BCUT2D eigenvalue weighted by molar-refractivity contribution is 0.305. The molecule has 1 aromatic rings. The van der Waals surface area contributed by atoms with Crippen molar-refractivity contribution in [1.82, 2.24) is 0 Å². The van der Waals surface area contributed by atoms with Gasteiger partial charge in [0.1, 0.15) is 5.76 Å². The molecule has 3 heteroatoms. The Balaban J connectivity index is 3.01. The minimum absolute atomic E-state index is 0.242. The van der Waals surface area contributed by atoms with Crippen LogP contribution in [0, 0.1) is 0 Å². The zero-order valence-corrected chi connectivity index (χ0v) is 14.0. The maximum atomic E-state index is 9.35. The molecule has 0 amide bonds. The highest BCUT2D eigenvalue weighted by Crippen LogP contribution is 2.12. The predicted molar refractivity (Wildman–Crippen MR) is 97.6 cm³/mol. The number of ether oxygens (including phenoxy) is 1. The van der Waals surface area contributed by atoms with E-state index in [9.17, 15) is 5.11 Å². The third kappa shape index (κ3) is 8.37. The Hall–Kier alpha value is -2.68. The van der Waals surface area contributed by atoms with Gasteiger partial charge in [-0.15, -0.1) is 0 Å². The molecular formula is C20H25NO2. The number of hydrogen-bond donors (Lipinski definition) is 2. The highest BCUT2D eigenvalue weighted by Gasteiger charge is 1.96. The molecule has 0 aliphatic carbocycles. The molecule has 0 aliphatic heterocycles. The number of aliphatic hydroxyl groups is 1. The molecular weight excluding hydrogens is 286 g/mol. The van der Waals surface area contributed by atoms with Gasteiger partial charge in [-0.3, -0.25) is 0 Å². The standard InChI is InChI=1S/C20H25NO2/c1-16(2)8-7-11-19(23-3)14-18(15-20(21)22)13-12-17-9-5-4-6-10-17/h4-6,8-15,22H,7,21H2,1-3H3/b13-12+,18-14-,19-11-,20-15+. The molecule has 0 fully saturated rings. The molecule has 0 saturated carbocycles. The average Bonchev–Trinajstić information content (AvgIpc) is 2.51. The number of methoxy groups -OCH3 is 1. The second-order valence-corrected chi connectivity index (χ2v) is 5.29. The first-order chi connectivity index (χ1) is 11.0. The number of rotatable bonds is 7. The van der Waals surface area contributed by atoms with E-state index in [4.69, 9.17) is 10.5 Å². The molecule has 0 unspecified atom stereocenters. The zero-order valence-electron chi connectivity index (χ0n) is 14.0. The van der Waals surface area contributed by atoms with Crippen LogP contribution in [0.4, 0.5) is 0 Å². The fourth-order valence-corrected chi connectivity index (χ4v) is 1.84. The first-order valence-electron chi connectivity index (χ1n) is 7.49. The summed E-state index contributed by atoms with van der Waals surface area (Å²) >= 11 is 0. The van der Waals surface area contributed by atoms with E-state index in [1.54, 1.807) is 7.11 Å². The van der Waals surface area contributed by atoms with Crippen molar-refractivity contribution in [3.8, 4) is 0 Å². The largest absolute Gasteiger partial charge is 0.497 e. The summed E-state index contributed by atoms with van der Waals surface area (Å²) in [5.41, 5.74) is 8.46. The van der Waals surface area contributed by atoms with Gasteiger partial charge in [0.2, 0.25) is 0 Å². The molecule has 0 spiro atoms. The molecule has 0 aliphatic rings. The van der Waals surface area contributed by atoms with Crippen molar-refractivity contribution in [2.24, 2.45) is 5.73 Å². The van der Waals surface area contributed by atoms with E-state index in [0.29, 0.717) is 5.76 Å². The Labute approximate surface area is 138 Å². The van der Waals surface area contributed by atoms with Crippen molar-refractivity contribution < 1.29 is 9.84 Å². The Morgan fingerprint density at radius 2 is 1.83 bits per heavy atom. The second-order valence-electron chi connectivity index (χ2n) is 5.29. The molecule has 3 nitrogen and oxygen atoms in total. The zero-order chi connectivity index (χ0) is 17.1. The monoisotopic (exact) mass is 311 g/mol. The quantitative estimate of drug-likeness (QED) is 0.429. The summed E-state index contributed by atoms with van der Waals surface area (Å²) in [6, 6.07) is 9.91. The summed E-state index contributed by atoms with van der Waals surface area (Å²) in [6.07, 6.45) is 12.0. The van der Waals surface area contributed by atoms with E-state index in [1.165, 1.54) is 11.6 Å². The Morgan fingerprint density at radius 1 is 1.13 bits per heavy atom. The Kier molecular flexibility index (Phi) is 8.08. The predicted octanol–water partition coefficient (Wildman–Crippen LogP) is 4.87. The fraction of sp³-hybridized carbons (Fsp3) is 0.200. The van der Waals surface area contributed by atoms with Crippen LogP contribution in [0.2, 0.25) is 0 Å². The highest BCUT2D eigenvalue weighted by atomic mass is 16.5. The Bertz CT molecular complexity index is 627. The van der Waals surface area contributed by atoms with Crippen LogP contribution in [0.1, 0.15) is 25.8 Å². The molecule has 1 rings (SSSR count). The third-order valence-corrected chi connectivity index (χ3v) is 2.97. The fourth-order valence-electron chi connectivity index (χ4n) is 1.84. The van der Waals surface area contributed by atoms with Gasteiger partial charge in [-0.05, 0) is 43.6 Å². The van der Waals surface area contributed by atoms with Gasteiger partial charge in [0.15, 0.2) is 5.88 Å². The van der Waals surface area contributed by atoms with E-state index in [0.717, 1.165) is 17.6 Å². The van der Waals surface area contributed by atoms with Crippen molar-refractivity contribution in [3.05, 3.63) is 89.1 Å². The molecule has 1 aromatic carbocycles. The summed E-state index contributed by atoms with van der Waals surface area (Å²) < 4.78 is 5.37. The van der Waals surface area contributed by atoms with Crippen LogP contribution in [0.3, 0.4) is 0 Å². The lowest BCUT2D eigenvalue weighted by atomic mass is 10.1. The van der Waals surface area contributed by atoms with E-state index in [1.807, 2.05) is 54.6 Å². The summed E-state index contributed by atoms with van der Waals surface area (Å²) in [6.45, 7) is 4.11. The minimum Gasteiger partial charge on any atom is -0.497 e. The van der Waals surface area contributed by atoms with Crippen molar-refractivity contribution >= 4 is 6.08 Å². The summed E-state index contributed by atoms with van der Waals surface area (Å²) in [5.74, 6) is 0.474. The second kappa shape index (κ2) is 10.1. The topological polar surface area (TPSA) is 55.5 Å². The first-order valence-corrected chi connectivity index (χ1v) is 7.49. The molecule has 23 heavy (non-hydrogen) atoms. The van der Waals surface area contributed by atoms with Crippen LogP contribution < -0.4 is 5.73 Å². The molecule has 0 atom stereocenters. The number of hydrogen-bond acceptors (Lipinski definition) is 3. The van der Waals surface area contributed by atoms with Gasteiger partial charge < -0.3 is 15.6 Å². The SMILES string of the molecule is COC(/C=C(/C=C/c1ccccc1)\C=C(/N)O)=C\CC=C(C)C. The van der Waals surface area contributed by atoms with Crippen molar-refractivity contribution in [1.29, 1.82) is 0 Å². The molecule has 0 heterocycles. The van der Waals surface area contributed by atoms with Crippen LogP contribution in [0.5, 0.6) is 0 Å². The molecule has 0 aromatic heterocycles. The molecule has 0 bridgehead atoms. The lowest BCUT2D eigenvalue weighted by Gasteiger charge is -2.03. The van der Waals surface area contributed by atoms with Crippen LogP contribution in [-0.2, 0) is 4.74 Å². The molecule has 3 N–H and O–H groups in total. The van der Waals surface area contributed by atoms with Gasteiger partial charge in [0, 0.05) is 6.08 Å². The number of benzene rings is 1. The van der Waals surface area contributed by atoms with Gasteiger partial charge in [-0.25, -0.2) is 0 Å². The van der Waals surface area contributed by atoms with Crippen LogP contribution in [-0.4, -0.2) is 12.2 Å². The van der Waals surface area contributed by atoms with Crippen LogP contribution in [0.15, 0.2) is 83.5 Å². The van der Waals surface area contributed by atoms with Gasteiger partial charge in [-0.2, -0.15) is 0 Å². The van der Waals surface area contributed by atoms with Gasteiger partial charge >= 0.3 is 0 Å². The summed E-state index contributed by atoms with van der Waals surface area (Å²) in [7, 11) is 1.62.